The lowest BCUT2D eigenvalue weighted by Gasteiger charge is -2.34. The van der Waals surface area contributed by atoms with Crippen LogP contribution in [-0.2, 0) is 61.9 Å². The molecule has 0 radical (unpaired) electrons. The molecule has 16 aliphatic rings. The van der Waals surface area contributed by atoms with Crippen LogP contribution in [0.4, 0.5) is 0 Å². The third kappa shape index (κ3) is 13.0. The summed E-state index contributed by atoms with van der Waals surface area (Å²) in [5.74, 6) is 3.91. The highest BCUT2D eigenvalue weighted by atomic mass is 32.2. The van der Waals surface area contributed by atoms with Crippen LogP contribution in [-0.4, -0.2) is 147 Å². The fourth-order valence-electron chi connectivity index (χ4n) is 16.3. The number of thioether (sulfide) groups is 5. The molecule has 16 rings (SSSR count). The van der Waals surface area contributed by atoms with Crippen LogP contribution in [0.15, 0.2) is 60.8 Å². The van der Waals surface area contributed by atoms with Crippen molar-refractivity contribution in [1.29, 1.82) is 0 Å². The lowest BCUT2D eigenvalue weighted by Crippen LogP contribution is -2.43. The molecule has 16 aliphatic heterocycles. The predicted octanol–water partition coefficient (Wildman–Crippen LogP) is 12.0. The van der Waals surface area contributed by atoms with E-state index in [1.165, 1.54) is 0 Å². The van der Waals surface area contributed by atoms with Gasteiger partial charge in [-0.3, -0.25) is 24.0 Å². The summed E-state index contributed by atoms with van der Waals surface area (Å²) < 4.78 is 45.1. The second-order valence-corrected chi connectivity index (χ2v) is 38.1. The Labute approximate surface area is 526 Å². The average molecular weight is 1270 g/mol. The first-order valence-electron chi connectivity index (χ1n) is 31.5. The van der Waals surface area contributed by atoms with Gasteiger partial charge in [0.05, 0.1) is 66.2 Å². The normalized spacial score (nSPS) is 44.9. The van der Waals surface area contributed by atoms with Crippen molar-refractivity contribution in [2.24, 2.45) is 65.1 Å². The summed E-state index contributed by atoms with van der Waals surface area (Å²) in [6, 6.07) is 0. The number of carbonyl (C=O) groups is 5. The monoisotopic (exact) mass is 1260 g/mol. The second kappa shape index (κ2) is 23.1. The van der Waals surface area contributed by atoms with E-state index in [0.29, 0.717) is 77.0 Å². The van der Waals surface area contributed by atoms with Crippen LogP contribution in [0.1, 0.15) is 136 Å². The Bertz CT molecular complexity index is 2500. The molecule has 468 valence electrons. The zero-order chi connectivity index (χ0) is 60.8. The topological polar surface area (TPSA) is 159 Å². The molecule has 11 saturated heterocycles. The summed E-state index contributed by atoms with van der Waals surface area (Å²) in [4.78, 5) is 60.6. The van der Waals surface area contributed by atoms with Gasteiger partial charge in [0, 0.05) is 76.2 Å². The van der Waals surface area contributed by atoms with Crippen LogP contribution in [0.5, 0.6) is 0 Å². The van der Waals surface area contributed by atoms with E-state index in [9.17, 15) is 24.0 Å². The number of fused-ring (bicyclic) bond motifs is 31. The van der Waals surface area contributed by atoms with E-state index in [0.717, 1.165) is 49.2 Å². The Kier molecular flexibility index (Phi) is 17.1. The molecule has 13 nitrogen and oxygen atoms in total. The van der Waals surface area contributed by atoms with Gasteiger partial charge >= 0.3 is 29.8 Å². The Morgan fingerprint density at radius 3 is 1.26 bits per heavy atom. The van der Waals surface area contributed by atoms with Crippen molar-refractivity contribution >= 4 is 88.7 Å². The quantitative estimate of drug-likeness (QED) is 0.145. The molecule has 27 atom stereocenters. The molecule has 18 heteroatoms. The van der Waals surface area contributed by atoms with E-state index in [1.54, 1.807) is 0 Å². The van der Waals surface area contributed by atoms with Gasteiger partial charge in [-0.1, -0.05) is 60.8 Å². The maximum atomic E-state index is 12.4. The van der Waals surface area contributed by atoms with E-state index < -0.39 is 11.2 Å². The van der Waals surface area contributed by atoms with E-state index in [1.807, 2.05) is 140 Å². The molecule has 16 heterocycles. The van der Waals surface area contributed by atoms with Crippen molar-refractivity contribution in [3.05, 3.63) is 60.8 Å². The number of hydrogen-bond donors (Lipinski definition) is 0. The molecule has 0 N–H and O–H groups in total. The highest BCUT2D eigenvalue weighted by molar-refractivity contribution is 8.03. The van der Waals surface area contributed by atoms with Gasteiger partial charge in [-0.2, -0.15) is 23.5 Å². The first kappa shape index (κ1) is 62.9. The summed E-state index contributed by atoms with van der Waals surface area (Å²) in [6.45, 7) is 28.9. The first-order valence-corrected chi connectivity index (χ1v) is 36.2. The SMILES string of the molecule is CC(C)(C)OC(=O)C1CC2C=CC1O2.CC(C)(C)OC(=O)C1CC2C=CC1S2.CC(C)(C)OC(=O)C1CC2OC1C1C3C=CC(S3)C21.CC(C)(C)OC(=O)C1CC2SC1C1C3C=CC(O3)C21.CC(C)(C)OC(=O)C1CC2SC1C1C3C=CC(S3)C21. The van der Waals surface area contributed by atoms with Gasteiger partial charge in [-0.25, -0.2) is 0 Å². The van der Waals surface area contributed by atoms with Gasteiger partial charge in [0.1, 0.15) is 28.0 Å². The fourth-order valence-corrected chi connectivity index (χ4v) is 26.0. The molecule has 0 aliphatic carbocycles. The van der Waals surface area contributed by atoms with Crippen molar-refractivity contribution < 1.29 is 61.9 Å². The Morgan fingerprint density at radius 2 is 0.776 bits per heavy atom. The molecule has 11 fully saturated rings. The first-order chi connectivity index (χ1) is 39.7. The third-order valence-corrected chi connectivity index (χ3v) is 27.4. The van der Waals surface area contributed by atoms with Crippen molar-refractivity contribution in [2.75, 3.05) is 0 Å². The van der Waals surface area contributed by atoms with Crippen molar-refractivity contribution in [2.45, 2.75) is 253 Å². The van der Waals surface area contributed by atoms with Gasteiger partial charge in [-0.05, 0) is 148 Å². The molecule has 0 amide bonds. The van der Waals surface area contributed by atoms with Crippen LogP contribution < -0.4 is 0 Å². The van der Waals surface area contributed by atoms with Gasteiger partial charge in [-0.15, -0.1) is 35.3 Å². The maximum absolute atomic E-state index is 12.4. The van der Waals surface area contributed by atoms with Gasteiger partial charge in [0.25, 0.3) is 0 Å². The van der Waals surface area contributed by atoms with E-state index in [-0.39, 0.29) is 107 Å². The molecular formula is C67H92O13S5. The lowest BCUT2D eigenvalue weighted by molar-refractivity contribution is -0.163. The van der Waals surface area contributed by atoms with E-state index in [4.69, 9.17) is 37.9 Å². The van der Waals surface area contributed by atoms with Crippen LogP contribution in [0, 0.1) is 65.1 Å². The standard InChI is InChI=1S/2C15H20O3S.C15H20O2S2.C11H16O3.C11H16O2S/c1-15(2,3)18-14(16)7-6-8-11-9-4-5-10(19-9)12(11)13(7)17-8;1-15(2,3)18-14(16)7-6-10-11-8-4-5-9(17-8)12(11)13(7)19-10;1-15(2,3)17-14(16)7-6-10-11-8-4-5-9(18-8)12(11)13(7)19-10;1-11(2,3)14-10(12)8-6-7-4-5-9(8)13-7;1-11(2,3)13-10(12)8-6-7-4-5-9(8)14-7/h3*4-5,7-13H,6H2,1-3H3;2*4-5,7-9H,6H2,1-3H3. The number of esters is 5. The van der Waals surface area contributed by atoms with Crippen molar-refractivity contribution in [3.8, 4) is 0 Å². The summed E-state index contributed by atoms with van der Waals surface area (Å²) >= 11 is 10.1. The smallest absolute Gasteiger partial charge is 0.312 e. The maximum Gasteiger partial charge on any atom is 0.312 e. The largest absolute Gasteiger partial charge is 0.460 e. The summed E-state index contributed by atoms with van der Waals surface area (Å²) in [5, 5.41) is 5.72. The minimum absolute atomic E-state index is 0.00213. The molecule has 16 bridgehead atoms. The van der Waals surface area contributed by atoms with Crippen LogP contribution in [0.25, 0.3) is 0 Å². The summed E-state index contributed by atoms with van der Waals surface area (Å²) in [6.07, 6.45) is 27.8. The predicted molar refractivity (Wildman–Crippen MR) is 338 cm³/mol. The van der Waals surface area contributed by atoms with Crippen LogP contribution in [0.3, 0.4) is 0 Å². The molecule has 0 aromatic rings. The van der Waals surface area contributed by atoms with Crippen molar-refractivity contribution in [3.63, 3.8) is 0 Å². The van der Waals surface area contributed by atoms with Crippen LogP contribution >= 0.6 is 58.8 Å². The number of hydrogen-bond acceptors (Lipinski definition) is 18. The molecule has 27 unspecified atom stereocenters. The average Bonchev–Trinajstić information content (AvgIpc) is 1.68. The fraction of sp³-hybridized carbons (Fsp3) is 0.776. The molecule has 0 saturated carbocycles. The summed E-state index contributed by atoms with van der Waals surface area (Å²) in [7, 11) is 0. The zero-order valence-corrected chi connectivity index (χ0v) is 56.3. The summed E-state index contributed by atoms with van der Waals surface area (Å²) in [5.41, 5.74) is -1.89. The van der Waals surface area contributed by atoms with Crippen LogP contribution in [0.2, 0.25) is 0 Å². The minimum Gasteiger partial charge on any atom is -0.460 e. The Balaban J connectivity index is 0.000000105. The Hall–Kier alpha value is -2.32. The molecule has 0 aromatic heterocycles. The lowest BCUT2D eigenvalue weighted by atomic mass is 9.69. The number of carbonyl (C=O) groups excluding carboxylic acids is 5. The highest BCUT2D eigenvalue weighted by Gasteiger charge is 2.67. The third-order valence-electron chi connectivity index (χ3n) is 19.1. The van der Waals surface area contributed by atoms with Crippen molar-refractivity contribution in [1.82, 2.24) is 0 Å². The highest BCUT2D eigenvalue weighted by Crippen LogP contribution is 2.68. The Morgan fingerprint density at radius 1 is 0.341 bits per heavy atom. The van der Waals surface area contributed by atoms with Gasteiger partial charge < -0.3 is 37.9 Å². The van der Waals surface area contributed by atoms with Gasteiger partial charge in [0.2, 0.25) is 0 Å². The number of rotatable bonds is 5. The van der Waals surface area contributed by atoms with Gasteiger partial charge in [0.15, 0.2) is 0 Å². The molecule has 85 heavy (non-hydrogen) atoms. The van der Waals surface area contributed by atoms with E-state index in [2.05, 4.69) is 83.9 Å². The number of ether oxygens (including phenoxy) is 8. The second-order valence-electron chi connectivity index (χ2n) is 31.2. The molecule has 0 spiro atoms. The molecule has 0 aromatic carbocycles. The van der Waals surface area contributed by atoms with E-state index >= 15 is 0 Å². The zero-order valence-electron chi connectivity index (χ0n) is 52.2. The minimum atomic E-state index is -0.401. The molecular weight excluding hydrogens is 1170 g/mol.